The van der Waals surface area contributed by atoms with Crippen LogP contribution in [0.4, 0.5) is 0 Å². The zero-order valence-corrected chi connectivity index (χ0v) is 18.3. The van der Waals surface area contributed by atoms with Crippen molar-refractivity contribution in [2.45, 2.75) is 24.9 Å². The van der Waals surface area contributed by atoms with Gasteiger partial charge in [0.2, 0.25) is 15.9 Å². The normalized spacial score (nSPS) is 11.5. The molecule has 0 saturated carbocycles. The second-order valence-corrected chi connectivity index (χ2v) is 9.15. The van der Waals surface area contributed by atoms with Crippen molar-refractivity contribution in [2.24, 2.45) is 0 Å². The zero-order chi connectivity index (χ0) is 22.4. The maximum atomic E-state index is 13.3. The molecule has 0 saturated heterocycles. The highest BCUT2D eigenvalue weighted by Crippen LogP contribution is 2.23. The Bertz CT molecular complexity index is 1160. The van der Waals surface area contributed by atoms with Crippen molar-refractivity contribution in [1.29, 1.82) is 0 Å². The summed E-state index contributed by atoms with van der Waals surface area (Å²) in [4.78, 5) is 24.0. The summed E-state index contributed by atoms with van der Waals surface area (Å²) in [5.41, 5.74) is 0.958. The third kappa shape index (κ3) is 5.81. The summed E-state index contributed by atoms with van der Waals surface area (Å²) in [6.07, 6.45) is 1.49. The molecule has 9 heteroatoms. The van der Waals surface area contributed by atoms with E-state index in [1.807, 2.05) is 0 Å². The maximum absolute atomic E-state index is 13.3. The van der Waals surface area contributed by atoms with Gasteiger partial charge in [0, 0.05) is 17.1 Å². The predicted octanol–water partition coefficient (Wildman–Crippen LogP) is 3.64. The van der Waals surface area contributed by atoms with Crippen molar-refractivity contribution in [3.63, 3.8) is 0 Å². The summed E-state index contributed by atoms with van der Waals surface area (Å²) in [5, 5.41) is 3.04. The fourth-order valence-corrected chi connectivity index (χ4v) is 4.44. The summed E-state index contributed by atoms with van der Waals surface area (Å²) in [6, 6.07) is 15.8. The van der Waals surface area contributed by atoms with Crippen molar-refractivity contribution in [1.82, 2.24) is 9.62 Å². The first-order valence-electron chi connectivity index (χ1n) is 9.41. The quantitative estimate of drug-likeness (QED) is 0.492. The lowest BCUT2D eigenvalue weighted by molar-refractivity contribution is -0.121. The van der Waals surface area contributed by atoms with Crippen LogP contribution >= 0.6 is 11.6 Å². The Morgan fingerprint density at radius 2 is 1.74 bits per heavy atom. The van der Waals surface area contributed by atoms with Crippen LogP contribution in [-0.4, -0.2) is 31.0 Å². The average molecular weight is 461 g/mol. The second-order valence-electron chi connectivity index (χ2n) is 6.80. The largest absolute Gasteiger partial charge is 0.467 e. The van der Waals surface area contributed by atoms with Crippen LogP contribution in [0.5, 0.6) is 0 Å². The Kier molecular flexibility index (Phi) is 7.27. The molecule has 3 aromatic rings. The molecule has 2 aromatic carbocycles. The van der Waals surface area contributed by atoms with Crippen molar-refractivity contribution in [3.8, 4) is 0 Å². The minimum Gasteiger partial charge on any atom is -0.467 e. The first-order valence-corrected chi connectivity index (χ1v) is 11.2. The van der Waals surface area contributed by atoms with Crippen LogP contribution in [0.3, 0.4) is 0 Å². The molecule has 0 atom stereocenters. The summed E-state index contributed by atoms with van der Waals surface area (Å²) in [6.45, 7) is 1.03. The minimum absolute atomic E-state index is 0.0246. The van der Waals surface area contributed by atoms with E-state index in [2.05, 4.69) is 5.32 Å². The van der Waals surface area contributed by atoms with E-state index in [1.54, 1.807) is 36.4 Å². The lowest BCUT2D eigenvalue weighted by Gasteiger charge is -2.22. The van der Waals surface area contributed by atoms with Crippen LogP contribution < -0.4 is 5.32 Å². The highest BCUT2D eigenvalue weighted by molar-refractivity contribution is 7.89. The van der Waals surface area contributed by atoms with Crippen LogP contribution in [0.2, 0.25) is 5.02 Å². The number of ketones is 1. The van der Waals surface area contributed by atoms with Crippen LogP contribution in [0.1, 0.15) is 28.6 Å². The van der Waals surface area contributed by atoms with Crippen LogP contribution in [0.25, 0.3) is 0 Å². The molecule has 3 rings (SSSR count). The second kappa shape index (κ2) is 9.91. The first-order chi connectivity index (χ1) is 14.8. The Labute approximate surface area is 185 Å². The lowest BCUT2D eigenvalue weighted by atomic mass is 10.2. The van der Waals surface area contributed by atoms with Gasteiger partial charge >= 0.3 is 0 Å². The number of carbonyl (C=O) groups is 2. The predicted molar refractivity (Wildman–Crippen MR) is 116 cm³/mol. The van der Waals surface area contributed by atoms with Crippen LogP contribution in [0.15, 0.2) is 76.2 Å². The number of nitrogens with zero attached hydrogens (tertiary/aromatic N) is 1. The summed E-state index contributed by atoms with van der Waals surface area (Å²) in [7, 11) is -4.05. The number of rotatable bonds is 9. The third-order valence-corrected chi connectivity index (χ3v) is 6.74. The molecular formula is C22H21ClN2O5S. The van der Waals surface area contributed by atoms with Gasteiger partial charge in [-0.15, -0.1) is 0 Å². The molecule has 0 fully saturated rings. The molecular weight excluding hydrogens is 440 g/mol. The van der Waals surface area contributed by atoms with Gasteiger partial charge in [-0.2, -0.15) is 4.31 Å². The number of hydrogen-bond donors (Lipinski definition) is 1. The number of nitrogens with one attached hydrogen (secondary N) is 1. The van der Waals surface area contributed by atoms with Crippen molar-refractivity contribution in [2.75, 3.05) is 6.54 Å². The highest BCUT2D eigenvalue weighted by Gasteiger charge is 2.27. The van der Waals surface area contributed by atoms with Crippen molar-refractivity contribution in [3.05, 3.63) is 88.8 Å². The molecule has 7 nitrogen and oxygen atoms in total. The Morgan fingerprint density at radius 1 is 1.03 bits per heavy atom. The fourth-order valence-electron chi connectivity index (χ4n) is 2.87. The van der Waals surface area contributed by atoms with Crippen LogP contribution in [-0.2, 0) is 27.9 Å². The number of carbonyl (C=O) groups excluding carboxylic acids is 2. The van der Waals surface area contributed by atoms with E-state index >= 15 is 0 Å². The monoisotopic (exact) mass is 460 g/mol. The molecule has 1 amide bonds. The molecule has 0 bridgehead atoms. The van der Waals surface area contributed by atoms with E-state index in [0.717, 1.165) is 4.31 Å². The highest BCUT2D eigenvalue weighted by atomic mass is 35.5. The zero-order valence-electron chi connectivity index (χ0n) is 16.7. The number of benzene rings is 2. The van der Waals surface area contributed by atoms with Gasteiger partial charge in [0.05, 0.1) is 24.2 Å². The van der Waals surface area contributed by atoms with E-state index in [1.165, 1.54) is 37.5 Å². The number of Topliss-reactive ketones (excluding diaryl/α,β-unsaturated/α-hetero) is 1. The van der Waals surface area contributed by atoms with Gasteiger partial charge in [0.15, 0.2) is 5.78 Å². The number of hydrogen-bond acceptors (Lipinski definition) is 5. The van der Waals surface area contributed by atoms with Gasteiger partial charge < -0.3 is 9.73 Å². The Morgan fingerprint density at radius 3 is 2.35 bits per heavy atom. The van der Waals surface area contributed by atoms with Gasteiger partial charge in [-0.3, -0.25) is 9.59 Å². The maximum Gasteiger partial charge on any atom is 0.243 e. The Hall–Kier alpha value is -2.94. The van der Waals surface area contributed by atoms with Gasteiger partial charge in [0.1, 0.15) is 5.76 Å². The van der Waals surface area contributed by atoms with Crippen molar-refractivity contribution < 1.29 is 22.4 Å². The van der Waals surface area contributed by atoms with Gasteiger partial charge in [-0.1, -0.05) is 41.9 Å². The van der Waals surface area contributed by atoms with E-state index in [-0.39, 0.29) is 23.8 Å². The number of sulfonamides is 1. The summed E-state index contributed by atoms with van der Waals surface area (Å²) < 4.78 is 32.8. The Balaban J connectivity index is 1.85. The van der Waals surface area contributed by atoms with Gasteiger partial charge in [0.25, 0.3) is 0 Å². The number of halogens is 1. The topological polar surface area (TPSA) is 96.7 Å². The average Bonchev–Trinajstić information content (AvgIpc) is 3.27. The van der Waals surface area contributed by atoms with Crippen LogP contribution in [0, 0.1) is 0 Å². The summed E-state index contributed by atoms with van der Waals surface area (Å²) in [5.74, 6) is -0.116. The molecule has 0 radical (unpaired) electrons. The molecule has 0 aliphatic rings. The SMILES string of the molecule is CC(=O)c1ccc(S(=O)(=O)N(CC(=O)NCc2ccco2)Cc2ccccc2Cl)cc1. The van der Waals surface area contributed by atoms with E-state index < -0.39 is 22.5 Å². The van der Waals surface area contributed by atoms with Crippen molar-refractivity contribution >= 4 is 33.3 Å². The minimum atomic E-state index is -4.05. The molecule has 31 heavy (non-hydrogen) atoms. The molecule has 162 valence electrons. The number of amides is 1. The third-order valence-electron chi connectivity index (χ3n) is 4.56. The standard InChI is InChI=1S/C22H21ClN2O5S/c1-16(26)17-8-10-20(11-9-17)31(28,29)25(14-18-5-2-3-7-21(18)23)15-22(27)24-13-19-6-4-12-30-19/h2-12H,13-15H2,1H3,(H,24,27). The smallest absolute Gasteiger partial charge is 0.243 e. The van der Waals surface area contributed by atoms with E-state index in [4.69, 9.17) is 16.0 Å². The van der Waals surface area contributed by atoms with Gasteiger partial charge in [-0.05, 0) is 42.8 Å². The van der Waals surface area contributed by atoms with E-state index in [9.17, 15) is 18.0 Å². The summed E-state index contributed by atoms with van der Waals surface area (Å²) >= 11 is 6.21. The molecule has 0 aliphatic carbocycles. The molecule has 0 unspecified atom stereocenters. The molecule has 1 aromatic heterocycles. The van der Waals surface area contributed by atoms with E-state index in [0.29, 0.717) is 21.9 Å². The first kappa shape index (κ1) is 22.7. The molecule has 1 N–H and O–H groups in total. The lowest BCUT2D eigenvalue weighted by Crippen LogP contribution is -2.40. The molecule has 1 heterocycles. The number of furan rings is 1. The fraction of sp³-hybridized carbons (Fsp3) is 0.182. The molecule has 0 spiro atoms. The van der Waals surface area contributed by atoms with Gasteiger partial charge in [-0.25, -0.2) is 8.42 Å². The molecule has 0 aliphatic heterocycles.